The number of morpholine rings is 1. The van der Waals surface area contributed by atoms with Crippen molar-refractivity contribution in [2.75, 3.05) is 26.4 Å². The minimum atomic E-state index is 0.0220. The summed E-state index contributed by atoms with van der Waals surface area (Å²) in [6.07, 6.45) is 0.0220. The highest BCUT2D eigenvalue weighted by molar-refractivity contribution is 7.80. The van der Waals surface area contributed by atoms with Gasteiger partial charge < -0.3 is 19.1 Å². The van der Waals surface area contributed by atoms with Gasteiger partial charge in [-0.25, -0.2) is 0 Å². The molecule has 0 amide bonds. The molecule has 0 radical (unpaired) electrons. The Morgan fingerprint density at radius 3 is 2.57 bits per heavy atom. The van der Waals surface area contributed by atoms with Gasteiger partial charge in [-0.05, 0) is 32.9 Å². The Morgan fingerprint density at radius 2 is 1.95 bits per heavy atom. The van der Waals surface area contributed by atoms with Crippen LogP contribution in [0.2, 0.25) is 0 Å². The lowest BCUT2D eigenvalue weighted by Gasteiger charge is -2.37. The molecule has 1 aromatic rings. The van der Waals surface area contributed by atoms with Crippen LogP contribution in [0.4, 0.5) is 0 Å². The molecule has 1 heterocycles. The van der Waals surface area contributed by atoms with Crippen LogP contribution in [0.5, 0.6) is 11.5 Å². The molecule has 1 aliphatic rings. The van der Waals surface area contributed by atoms with Crippen molar-refractivity contribution in [2.24, 2.45) is 0 Å². The SMILES string of the molecule is CCOc1ccccc1OCC1CN(C(C)C)C(=S)CO1. The molecular weight excluding hydrogens is 286 g/mol. The zero-order chi connectivity index (χ0) is 15.2. The second-order valence-electron chi connectivity index (χ2n) is 5.26. The van der Waals surface area contributed by atoms with Crippen LogP contribution in [-0.2, 0) is 4.74 Å². The molecule has 1 unspecified atom stereocenters. The minimum absolute atomic E-state index is 0.0220. The summed E-state index contributed by atoms with van der Waals surface area (Å²) in [5, 5.41) is 0. The number of ether oxygens (including phenoxy) is 3. The van der Waals surface area contributed by atoms with Crippen LogP contribution in [0.25, 0.3) is 0 Å². The van der Waals surface area contributed by atoms with Gasteiger partial charge in [0.15, 0.2) is 11.5 Å². The fourth-order valence-corrected chi connectivity index (χ4v) is 2.63. The summed E-state index contributed by atoms with van der Waals surface area (Å²) in [6.45, 7) is 8.62. The van der Waals surface area contributed by atoms with Crippen molar-refractivity contribution < 1.29 is 14.2 Å². The van der Waals surface area contributed by atoms with E-state index in [1.807, 2.05) is 31.2 Å². The maximum atomic E-state index is 5.87. The lowest BCUT2D eigenvalue weighted by Crippen LogP contribution is -2.50. The molecule has 1 atom stereocenters. The van der Waals surface area contributed by atoms with Gasteiger partial charge in [0.2, 0.25) is 0 Å². The van der Waals surface area contributed by atoms with Crippen LogP contribution in [-0.4, -0.2) is 48.4 Å². The quantitative estimate of drug-likeness (QED) is 0.754. The van der Waals surface area contributed by atoms with Crippen LogP contribution in [0.1, 0.15) is 20.8 Å². The highest BCUT2D eigenvalue weighted by Gasteiger charge is 2.26. The van der Waals surface area contributed by atoms with E-state index < -0.39 is 0 Å². The van der Waals surface area contributed by atoms with Gasteiger partial charge in [-0.2, -0.15) is 0 Å². The third kappa shape index (κ3) is 4.32. The summed E-state index contributed by atoms with van der Waals surface area (Å²) in [5.41, 5.74) is 0. The van der Waals surface area contributed by atoms with Crippen molar-refractivity contribution in [3.05, 3.63) is 24.3 Å². The van der Waals surface area contributed by atoms with Gasteiger partial charge >= 0.3 is 0 Å². The molecule has 0 spiro atoms. The standard InChI is InChI=1S/C16H23NO3S/c1-4-18-14-7-5-6-8-15(14)20-10-13-9-17(12(2)3)16(21)11-19-13/h5-8,12-13H,4,9-11H2,1-3H3. The van der Waals surface area contributed by atoms with Crippen molar-refractivity contribution in [3.63, 3.8) is 0 Å². The molecule has 0 bridgehead atoms. The summed E-state index contributed by atoms with van der Waals surface area (Å²) >= 11 is 5.33. The third-order valence-electron chi connectivity index (χ3n) is 3.36. The number of para-hydroxylation sites is 2. The van der Waals surface area contributed by atoms with Gasteiger partial charge in [-0.1, -0.05) is 24.4 Å². The van der Waals surface area contributed by atoms with Gasteiger partial charge in [0.05, 0.1) is 13.2 Å². The van der Waals surface area contributed by atoms with Gasteiger partial charge in [0.25, 0.3) is 0 Å². The van der Waals surface area contributed by atoms with E-state index in [0.717, 1.165) is 23.0 Å². The molecule has 1 aliphatic heterocycles. The Balaban J connectivity index is 1.93. The van der Waals surface area contributed by atoms with Crippen LogP contribution in [0, 0.1) is 0 Å². The second-order valence-corrected chi connectivity index (χ2v) is 5.73. The van der Waals surface area contributed by atoms with E-state index in [9.17, 15) is 0 Å². The van der Waals surface area contributed by atoms with Crippen molar-refractivity contribution in [2.45, 2.75) is 32.9 Å². The fraction of sp³-hybridized carbons (Fsp3) is 0.562. The Bertz CT molecular complexity index is 478. The Labute approximate surface area is 132 Å². The van der Waals surface area contributed by atoms with Gasteiger partial charge in [0, 0.05) is 12.6 Å². The summed E-state index contributed by atoms with van der Waals surface area (Å²) < 4.78 is 17.2. The Kier molecular flexibility index (Phi) is 5.82. The smallest absolute Gasteiger partial charge is 0.161 e. The molecule has 21 heavy (non-hydrogen) atoms. The largest absolute Gasteiger partial charge is 0.490 e. The van der Waals surface area contributed by atoms with E-state index in [1.165, 1.54) is 0 Å². The van der Waals surface area contributed by atoms with Crippen LogP contribution >= 0.6 is 12.2 Å². The highest BCUT2D eigenvalue weighted by Crippen LogP contribution is 2.26. The first-order valence-electron chi connectivity index (χ1n) is 7.37. The van der Waals surface area contributed by atoms with Gasteiger partial charge in [0.1, 0.15) is 17.7 Å². The monoisotopic (exact) mass is 309 g/mol. The van der Waals surface area contributed by atoms with E-state index >= 15 is 0 Å². The average Bonchev–Trinajstić information content (AvgIpc) is 2.47. The summed E-state index contributed by atoms with van der Waals surface area (Å²) in [4.78, 5) is 3.07. The maximum absolute atomic E-state index is 5.87. The summed E-state index contributed by atoms with van der Waals surface area (Å²) in [7, 11) is 0. The zero-order valence-electron chi connectivity index (χ0n) is 12.9. The third-order valence-corrected chi connectivity index (χ3v) is 3.71. The van der Waals surface area contributed by atoms with Crippen molar-refractivity contribution in [1.82, 2.24) is 4.90 Å². The number of benzene rings is 1. The van der Waals surface area contributed by atoms with Crippen LogP contribution in [0.3, 0.4) is 0 Å². The van der Waals surface area contributed by atoms with Gasteiger partial charge in [-0.3, -0.25) is 0 Å². The average molecular weight is 309 g/mol. The molecule has 1 saturated heterocycles. The number of rotatable bonds is 6. The lowest BCUT2D eigenvalue weighted by molar-refractivity contribution is 0.000100. The normalized spacial score (nSPS) is 19.0. The Morgan fingerprint density at radius 1 is 1.29 bits per heavy atom. The summed E-state index contributed by atoms with van der Waals surface area (Å²) in [5.74, 6) is 1.53. The first kappa shape index (κ1) is 16.0. The number of thiocarbonyl (C=S) groups is 1. The Hall–Kier alpha value is -1.33. The first-order chi connectivity index (χ1) is 10.1. The predicted molar refractivity (Wildman–Crippen MR) is 87.3 cm³/mol. The van der Waals surface area contributed by atoms with Crippen molar-refractivity contribution in [1.29, 1.82) is 0 Å². The molecule has 116 valence electrons. The summed E-state index contributed by atoms with van der Waals surface area (Å²) in [6, 6.07) is 8.09. The van der Waals surface area contributed by atoms with E-state index in [1.54, 1.807) is 0 Å². The van der Waals surface area contributed by atoms with Crippen LogP contribution < -0.4 is 9.47 Å². The van der Waals surface area contributed by atoms with E-state index in [4.69, 9.17) is 26.4 Å². The molecule has 0 saturated carbocycles. The number of nitrogens with zero attached hydrogens (tertiary/aromatic N) is 1. The molecular formula is C16H23NO3S. The van der Waals surface area contributed by atoms with E-state index in [2.05, 4.69) is 18.7 Å². The lowest BCUT2D eigenvalue weighted by atomic mass is 10.2. The molecule has 4 nitrogen and oxygen atoms in total. The second kappa shape index (κ2) is 7.61. The van der Waals surface area contributed by atoms with E-state index in [-0.39, 0.29) is 6.10 Å². The molecule has 2 rings (SSSR count). The van der Waals surface area contributed by atoms with E-state index in [0.29, 0.717) is 25.9 Å². The number of hydrogen-bond acceptors (Lipinski definition) is 4. The fourth-order valence-electron chi connectivity index (χ4n) is 2.27. The van der Waals surface area contributed by atoms with Crippen LogP contribution in [0.15, 0.2) is 24.3 Å². The topological polar surface area (TPSA) is 30.9 Å². The molecule has 1 fully saturated rings. The van der Waals surface area contributed by atoms with Gasteiger partial charge in [-0.15, -0.1) is 0 Å². The molecule has 5 heteroatoms. The molecule has 0 N–H and O–H groups in total. The number of hydrogen-bond donors (Lipinski definition) is 0. The maximum Gasteiger partial charge on any atom is 0.161 e. The van der Waals surface area contributed by atoms with Crippen molar-refractivity contribution in [3.8, 4) is 11.5 Å². The first-order valence-corrected chi connectivity index (χ1v) is 7.78. The minimum Gasteiger partial charge on any atom is -0.490 e. The predicted octanol–water partition coefficient (Wildman–Crippen LogP) is 2.90. The molecule has 0 aliphatic carbocycles. The molecule has 0 aromatic heterocycles. The zero-order valence-corrected chi connectivity index (χ0v) is 13.7. The van der Waals surface area contributed by atoms with Crippen molar-refractivity contribution >= 4 is 17.2 Å². The molecule has 1 aromatic carbocycles. The highest BCUT2D eigenvalue weighted by atomic mass is 32.1.